The largest absolute Gasteiger partial charge is 0.354 e. The van der Waals surface area contributed by atoms with Crippen LogP contribution >= 0.6 is 0 Å². The molecule has 1 unspecified atom stereocenters. The van der Waals surface area contributed by atoms with Crippen molar-refractivity contribution in [3.63, 3.8) is 0 Å². The Morgan fingerprint density at radius 3 is 2.36 bits per heavy atom. The molecule has 0 bridgehead atoms. The average Bonchev–Trinajstić information content (AvgIpc) is 2.72. The highest BCUT2D eigenvalue weighted by Gasteiger charge is 2.13. The van der Waals surface area contributed by atoms with Crippen LogP contribution in [0.15, 0.2) is 35.3 Å². The van der Waals surface area contributed by atoms with Crippen LogP contribution in [0.5, 0.6) is 0 Å². The van der Waals surface area contributed by atoms with E-state index < -0.39 is 0 Å². The number of rotatable bonds is 12. The van der Waals surface area contributed by atoms with Crippen LogP contribution in [0.1, 0.15) is 46.1 Å². The Kier molecular flexibility index (Phi) is 12.0. The van der Waals surface area contributed by atoms with Crippen LogP contribution in [0.3, 0.4) is 0 Å². The lowest BCUT2D eigenvalue weighted by Gasteiger charge is -2.23. The van der Waals surface area contributed by atoms with Gasteiger partial charge >= 0.3 is 0 Å². The standard InChI is InChI=1S/C22H39N5O/c1-6-26(7-2)16-12-13-19(4)25-22(23-5)24-17-21(28)27(8-3)18-20-14-10-9-11-15-20/h9-11,14-15,19H,6-8,12-13,16-18H2,1-5H3,(H2,23,24,25). The van der Waals surface area contributed by atoms with Gasteiger partial charge in [0.2, 0.25) is 5.91 Å². The number of amides is 1. The zero-order chi connectivity index (χ0) is 20.8. The van der Waals surface area contributed by atoms with Crippen LogP contribution < -0.4 is 10.6 Å². The van der Waals surface area contributed by atoms with Crippen molar-refractivity contribution in [1.82, 2.24) is 20.4 Å². The van der Waals surface area contributed by atoms with Crippen molar-refractivity contribution < 1.29 is 4.79 Å². The molecule has 28 heavy (non-hydrogen) atoms. The molecule has 0 radical (unpaired) electrons. The Morgan fingerprint density at radius 2 is 1.79 bits per heavy atom. The number of aliphatic imine (C=N–C) groups is 1. The molecule has 0 saturated carbocycles. The van der Waals surface area contributed by atoms with E-state index in [1.165, 1.54) is 0 Å². The number of guanidine groups is 1. The number of hydrogen-bond donors (Lipinski definition) is 2. The van der Waals surface area contributed by atoms with Gasteiger partial charge in [0.15, 0.2) is 5.96 Å². The van der Waals surface area contributed by atoms with Gasteiger partial charge in [-0.2, -0.15) is 0 Å². The fourth-order valence-electron chi connectivity index (χ4n) is 3.11. The Hall–Kier alpha value is -2.08. The van der Waals surface area contributed by atoms with Crippen molar-refractivity contribution >= 4 is 11.9 Å². The van der Waals surface area contributed by atoms with E-state index in [9.17, 15) is 4.79 Å². The van der Waals surface area contributed by atoms with Gasteiger partial charge in [-0.05, 0) is 51.9 Å². The Labute approximate surface area is 171 Å². The monoisotopic (exact) mass is 389 g/mol. The third-order valence-corrected chi connectivity index (χ3v) is 4.97. The highest BCUT2D eigenvalue weighted by Crippen LogP contribution is 2.04. The van der Waals surface area contributed by atoms with Crippen molar-refractivity contribution in [3.05, 3.63) is 35.9 Å². The Bertz CT molecular complexity index is 572. The number of likely N-dealkylation sites (N-methyl/N-ethyl adjacent to an activating group) is 1. The summed E-state index contributed by atoms with van der Waals surface area (Å²) in [6, 6.07) is 10.4. The molecule has 0 fully saturated rings. The molecule has 0 aliphatic carbocycles. The van der Waals surface area contributed by atoms with E-state index in [0.717, 1.165) is 38.0 Å². The molecule has 0 aromatic heterocycles. The number of carbonyl (C=O) groups excluding carboxylic acids is 1. The predicted molar refractivity (Wildman–Crippen MR) is 119 cm³/mol. The van der Waals surface area contributed by atoms with Crippen LogP contribution in [-0.2, 0) is 11.3 Å². The van der Waals surface area contributed by atoms with Gasteiger partial charge in [0.25, 0.3) is 0 Å². The van der Waals surface area contributed by atoms with Gasteiger partial charge in [-0.3, -0.25) is 9.79 Å². The highest BCUT2D eigenvalue weighted by molar-refractivity contribution is 5.86. The lowest BCUT2D eigenvalue weighted by molar-refractivity contribution is -0.130. The summed E-state index contributed by atoms with van der Waals surface area (Å²) in [7, 11) is 1.74. The number of nitrogens with zero attached hydrogens (tertiary/aromatic N) is 3. The van der Waals surface area contributed by atoms with Crippen LogP contribution in [0, 0.1) is 0 Å². The normalized spacial score (nSPS) is 12.7. The molecule has 1 aromatic carbocycles. The molecule has 1 amide bonds. The fourth-order valence-corrected chi connectivity index (χ4v) is 3.11. The summed E-state index contributed by atoms with van der Waals surface area (Å²) in [5, 5.41) is 6.55. The van der Waals surface area contributed by atoms with Crippen molar-refractivity contribution in [2.24, 2.45) is 4.99 Å². The van der Waals surface area contributed by atoms with Gasteiger partial charge in [0, 0.05) is 26.2 Å². The van der Waals surface area contributed by atoms with Crippen molar-refractivity contribution in [2.45, 2.75) is 53.1 Å². The lowest BCUT2D eigenvalue weighted by atomic mass is 10.2. The summed E-state index contributed by atoms with van der Waals surface area (Å²) in [5.41, 5.74) is 1.14. The molecule has 1 rings (SSSR count). The molecule has 0 spiro atoms. The van der Waals surface area contributed by atoms with Gasteiger partial charge < -0.3 is 20.4 Å². The second-order valence-corrected chi connectivity index (χ2v) is 7.03. The van der Waals surface area contributed by atoms with Crippen molar-refractivity contribution in [1.29, 1.82) is 0 Å². The number of carbonyl (C=O) groups is 1. The predicted octanol–water partition coefficient (Wildman–Crippen LogP) is 2.71. The van der Waals surface area contributed by atoms with Gasteiger partial charge in [-0.25, -0.2) is 0 Å². The fraction of sp³-hybridized carbons (Fsp3) is 0.636. The van der Waals surface area contributed by atoms with Gasteiger partial charge in [-0.1, -0.05) is 44.2 Å². The third-order valence-electron chi connectivity index (χ3n) is 4.97. The van der Waals surface area contributed by atoms with E-state index >= 15 is 0 Å². The lowest BCUT2D eigenvalue weighted by Crippen LogP contribution is -2.47. The minimum Gasteiger partial charge on any atom is -0.354 e. The Morgan fingerprint density at radius 1 is 1.11 bits per heavy atom. The van der Waals surface area contributed by atoms with Gasteiger partial charge in [0.1, 0.15) is 0 Å². The second kappa shape index (κ2) is 14.0. The quantitative estimate of drug-likeness (QED) is 0.426. The molecule has 1 atom stereocenters. The Balaban J connectivity index is 2.39. The first-order valence-electron chi connectivity index (χ1n) is 10.5. The summed E-state index contributed by atoms with van der Waals surface area (Å²) < 4.78 is 0. The van der Waals surface area contributed by atoms with Crippen LogP contribution in [0.25, 0.3) is 0 Å². The average molecular weight is 390 g/mol. The molecule has 6 heteroatoms. The van der Waals surface area contributed by atoms with Crippen molar-refractivity contribution in [2.75, 3.05) is 39.8 Å². The highest BCUT2D eigenvalue weighted by atomic mass is 16.2. The van der Waals surface area contributed by atoms with Crippen LogP contribution in [0.4, 0.5) is 0 Å². The second-order valence-electron chi connectivity index (χ2n) is 7.03. The smallest absolute Gasteiger partial charge is 0.242 e. The minimum absolute atomic E-state index is 0.0727. The number of hydrogen-bond acceptors (Lipinski definition) is 3. The topological polar surface area (TPSA) is 60.0 Å². The molecule has 158 valence electrons. The van der Waals surface area contributed by atoms with Crippen LogP contribution in [0.2, 0.25) is 0 Å². The van der Waals surface area contributed by atoms with Crippen molar-refractivity contribution in [3.8, 4) is 0 Å². The molecule has 0 heterocycles. The number of benzene rings is 1. The summed E-state index contributed by atoms with van der Waals surface area (Å²) in [4.78, 5) is 21.1. The maximum atomic E-state index is 12.6. The molecule has 0 aliphatic rings. The SMILES string of the molecule is CCN(CC)CCCC(C)NC(=NC)NCC(=O)N(CC)Cc1ccccc1. The molecule has 1 aromatic rings. The summed E-state index contributed by atoms with van der Waals surface area (Å²) >= 11 is 0. The molecule has 0 aliphatic heterocycles. The zero-order valence-electron chi connectivity index (χ0n) is 18.4. The number of nitrogens with one attached hydrogen (secondary N) is 2. The van der Waals surface area contributed by atoms with E-state index in [-0.39, 0.29) is 12.5 Å². The third kappa shape index (κ3) is 9.22. The van der Waals surface area contributed by atoms with E-state index in [4.69, 9.17) is 0 Å². The van der Waals surface area contributed by atoms with Gasteiger partial charge in [0.05, 0.1) is 6.54 Å². The first kappa shape index (κ1) is 24.0. The first-order valence-corrected chi connectivity index (χ1v) is 10.5. The van der Waals surface area contributed by atoms with Crippen LogP contribution in [-0.4, -0.2) is 67.5 Å². The zero-order valence-corrected chi connectivity index (χ0v) is 18.4. The maximum Gasteiger partial charge on any atom is 0.242 e. The van der Waals surface area contributed by atoms with E-state index in [0.29, 0.717) is 25.1 Å². The molecule has 6 nitrogen and oxygen atoms in total. The maximum absolute atomic E-state index is 12.6. The van der Waals surface area contributed by atoms with E-state index in [2.05, 4.69) is 41.3 Å². The summed E-state index contributed by atoms with van der Waals surface area (Å²) in [6.07, 6.45) is 2.21. The first-order chi connectivity index (χ1) is 13.5. The molecular weight excluding hydrogens is 350 g/mol. The molecule has 2 N–H and O–H groups in total. The minimum atomic E-state index is 0.0727. The molecular formula is C22H39N5O. The van der Waals surface area contributed by atoms with Gasteiger partial charge in [-0.15, -0.1) is 0 Å². The van der Waals surface area contributed by atoms with E-state index in [1.807, 2.05) is 42.2 Å². The van der Waals surface area contributed by atoms with E-state index in [1.54, 1.807) is 7.05 Å². The summed E-state index contributed by atoms with van der Waals surface area (Å²) in [5.74, 6) is 0.753. The molecule has 0 saturated heterocycles. The summed E-state index contributed by atoms with van der Waals surface area (Å²) in [6.45, 7) is 13.4.